The molecule has 0 bridgehead atoms. The number of anilines is 1. The van der Waals surface area contributed by atoms with E-state index in [1.165, 1.54) is 0 Å². The minimum atomic E-state index is -3.06. The first-order chi connectivity index (χ1) is 12.3. The third kappa shape index (κ3) is 7.89. The van der Waals surface area contributed by atoms with Crippen LogP contribution in [0.5, 0.6) is 5.75 Å². The first-order valence-corrected chi connectivity index (χ1v) is 10.7. The summed E-state index contributed by atoms with van der Waals surface area (Å²) in [6, 6.07) is 14.5. The number of carbonyl (C=O) groups excluding carboxylic acids is 1. The van der Waals surface area contributed by atoms with Crippen molar-refractivity contribution < 1.29 is 17.9 Å². The minimum Gasteiger partial charge on any atom is -0.492 e. The zero-order valence-electron chi connectivity index (χ0n) is 14.6. The second kappa shape index (κ2) is 9.59. The van der Waals surface area contributed by atoms with Crippen LogP contribution in [0.1, 0.15) is 18.4 Å². The molecule has 2 aromatic rings. The molecule has 0 saturated heterocycles. The summed E-state index contributed by atoms with van der Waals surface area (Å²) >= 11 is 5.85. The van der Waals surface area contributed by atoms with E-state index in [-0.39, 0.29) is 18.3 Å². The number of halogens is 1. The van der Waals surface area contributed by atoms with E-state index in [4.69, 9.17) is 16.3 Å². The Balaban J connectivity index is 1.77. The van der Waals surface area contributed by atoms with Gasteiger partial charge < -0.3 is 10.1 Å². The van der Waals surface area contributed by atoms with Gasteiger partial charge in [0.1, 0.15) is 12.4 Å². The molecule has 26 heavy (non-hydrogen) atoms. The molecule has 2 aromatic carbocycles. The van der Waals surface area contributed by atoms with Gasteiger partial charge in [-0.1, -0.05) is 29.8 Å². The average Bonchev–Trinajstić information content (AvgIpc) is 2.56. The molecule has 0 unspecified atom stereocenters. The Bertz CT molecular complexity index is 835. The highest BCUT2D eigenvalue weighted by atomic mass is 35.5. The largest absolute Gasteiger partial charge is 0.492 e. The maximum Gasteiger partial charge on any atom is 0.224 e. The van der Waals surface area contributed by atoms with Gasteiger partial charge in [0.2, 0.25) is 5.91 Å². The number of hydrogen-bond donors (Lipinski definition) is 1. The number of ether oxygens (including phenoxy) is 1. The van der Waals surface area contributed by atoms with Crippen LogP contribution in [0.25, 0.3) is 0 Å². The van der Waals surface area contributed by atoms with Gasteiger partial charge in [-0.3, -0.25) is 4.79 Å². The molecule has 0 heterocycles. The molecule has 0 radical (unpaired) electrons. The molecule has 0 spiro atoms. The molecule has 0 aliphatic carbocycles. The summed E-state index contributed by atoms with van der Waals surface area (Å²) < 4.78 is 27.6. The summed E-state index contributed by atoms with van der Waals surface area (Å²) in [5, 5.41) is 3.53. The Hall–Kier alpha value is -2.05. The lowest BCUT2D eigenvalue weighted by Gasteiger charge is -2.09. The van der Waals surface area contributed by atoms with Crippen LogP contribution in [0.3, 0.4) is 0 Å². The van der Waals surface area contributed by atoms with Gasteiger partial charge in [0.25, 0.3) is 0 Å². The van der Waals surface area contributed by atoms with Crippen LogP contribution in [0.2, 0.25) is 5.02 Å². The van der Waals surface area contributed by atoms with Crippen LogP contribution in [0, 0.1) is 0 Å². The molecule has 2 rings (SSSR count). The number of aryl methyl sites for hydroxylation is 1. The van der Waals surface area contributed by atoms with Crippen LogP contribution in [-0.4, -0.2) is 32.9 Å². The molecule has 0 aliphatic heterocycles. The van der Waals surface area contributed by atoms with E-state index in [0.29, 0.717) is 22.9 Å². The Morgan fingerprint density at radius 3 is 2.58 bits per heavy atom. The van der Waals surface area contributed by atoms with Crippen molar-refractivity contribution in [1.29, 1.82) is 0 Å². The van der Waals surface area contributed by atoms with E-state index < -0.39 is 9.84 Å². The molecule has 140 valence electrons. The molecule has 0 atom stereocenters. The summed E-state index contributed by atoms with van der Waals surface area (Å²) in [7, 11) is -3.06. The summed E-state index contributed by atoms with van der Waals surface area (Å²) in [5.74, 6) is 0.397. The van der Waals surface area contributed by atoms with Crippen molar-refractivity contribution in [2.75, 3.05) is 23.9 Å². The molecular formula is C19H22ClNO4S. The topological polar surface area (TPSA) is 72.5 Å². The Labute approximate surface area is 159 Å². The standard InChI is InChI=1S/C19H22ClNO4S/c1-26(23,24)13-12-25-18-6-3-5-17(14-18)21-19(22)7-2-4-15-8-10-16(20)11-9-15/h3,5-6,8-11,14H,2,4,7,12-13H2,1H3,(H,21,22). The number of hydrogen-bond acceptors (Lipinski definition) is 4. The maximum atomic E-state index is 12.1. The number of carbonyl (C=O) groups is 1. The summed E-state index contributed by atoms with van der Waals surface area (Å²) in [6.45, 7) is 0.0807. The van der Waals surface area contributed by atoms with E-state index in [9.17, 15) is 13.2 Å². The van der Waals surface area contributed by atoms with Gasteiger partial charge in [-0.05, 0) is 42.7 Å². The van der Waals surface area contributed by atoms with Crippen LogP contribution in [-0.2, 0) is 21.1 Å². The summed E-state index contributed by atoms with van der Waals surface area (Å²) in [6.07, 6.45) is 3.11. The smallest absolute Gasteiger partial charge is 0.224 e. The lowest BCUT2D eigenvalue weighted by atomic mass is 10.1. The molecular weight excluding hydrogens is 374 g/mol. The fourth-order valence-electron chi connectivity index (χ4n) is 2.30. The van der Waals surface area contributed by atoms with Crippen molar-refractivity contribution in [3.63, 3.8) is 0 Å². The normalized spacial score (nSPS) is 11.2. The van der Waals surface area contributed by atoms with E-state index in [1.807, 2.05) is 24.3 Å². The molecule has 1 amide bonds. The number of rotatable bonds is 9. The van der Waals surface area contributed by atoms with E-state index in [1.54, 1.807) is 24.3 Å². The van der Waals surface area contributed by atoms with Gasteiger partial charge in [-0.2, -0.15) is 0 Å². The zero-order valence-corrected chi connectivity index (χ0v) is 16.1. The Morgan fingerprint density at radius 2 is 1.88 bits per heavy atom. The van der Waals surface area contributed by atoms with Crippen LogP contribution >= 0.6 is 11.6 Å². The molecule has 0 aromatic heterocycles. The SMILES string of the molecule is CS(=O)(=O)CCOc1cccc(NC(=O)CCCc2ccc(Cl)cc2)c1. The highest BCUT2D eigenvalue weighted by molar-refractivity contribution is 7.90. The van der Waals surface area contributed by atoms with Gasteiger partial charge in [0, 0.05) is 29.5 Å². The number of nitrogens with one attached hydrogen (secondary N) is 1. The predicted octanol–water partition coefficient (Wildman–Crippen LogP) is 3.72. The lowest BCUT2D eigenvalue weighted by Crippen LogP contribution is -2.13. The van der Waals surface area contributed by atoms with Crippen LogP contribution < -0.4 is 10.1 Å². The quantitative estimate of drug-likeness (QED) is 0.702. The Morgan fingerprint density at radius 1 is 1.15 bits per heavy atom. The third-order valence-electron chi connectivity index (χ3n) is 3.62. The van der Waals surface area contributed by atoms with Crippen molar-refractivity contribution in [2.24, 2.45) is 0 Å². The van der Waals surface area contributed by atoms with Crippen molar-refractivity contribution >= 4 is 33.0 Å². The van der Waals surface area contributed by atoms with Crippen molar-refractivity contribution in [2.45, 2.75) is 19.3 Å². The molecule has 0 aliphatic rings. The molecule has 5 nitrogen and oxygen atoms in total. The first kappa shape index (κ1) is 20.3. The van der Waals surface area contributed by atoms with Crippen molar-refractivity contribution in [1.82, 2.24) is 0 Å². The maximum absolute atomic E-state index is 12.1. The van der Waals surface area contributed by atoms with Gasteiger partial charge in [-0.15, -0.1) is 0 Å². The zero-order chi connectivity index (χ0) is 19.0. The van der Waals surface area contributed by atoms with E-state index in [0.717, 1.165) is 24.7 Å². The summed E-state index contributed by atoms with van der Waals surface area (Å²) in [5.41, 5.74) is 1.77. The summed E-state index contributed by atoms with van der Waals surface area (Å²) in [4.78, 5) is 12.1. The Kier molecular flexibility index (Phi) is 7.48. The fraction of sp³-hybridized carbons (Fsp3) is 0.316. The first-order valence-electron chi connectivity index (χ1n) is 8.27. The second-order valence-electron chi connectivity index (χ2n) is 6.03. The van der Waals surface area contributed by atoms with Crippen molar-refractivity contribution in [3.8, 4) is 5.75 Å². The second-order valence-corrected chi connectivity index (χ2v) is 8.73. The highest BCUT2D eigenvalue weighted by Gasteiger charge is 2.06. The predicted molar refractivity (Wildman–Crippen MR) is 105 cm³/mol. The average molecular weight is 396 g/mol. The van der Waals surface area contributed by atoms with Gasteiger partial charge in [0.05, 0.1) is 5.75 Å². The van der Waals surface area contributed by atoms with Crippen LogP contribution in [0.4, 0.5) is 5.69 Å². The minimum absolute atomic E-state index is 0.0473. The molecule has 0 fully saturated rings. The van der Waals surface area contributed by atoms with Crippen LogP contribution in [0.15, 0.2) is 48.5 Å². The van der Waals surface area contributed by atoms with Gasteiger partial charge in [-0.25, -0.2) is 8.42 Å². The molecule has 0 saturated carbocycles. The monoisotopic (exact) mass is 395 g/mol. The van der Waals surface area contributed by atoms with E-state index >= 15 is 0 Å². The lowest BCUT2D eigenvalue weighted by molar-refractivity contribution is -0.116. The third-order valence-corrected chi connectivity index (χ3v) is 4.78. The van der Waals surface area contributed by atoms with E-state index in [2.05, 4.69) is 5.32 Å². The number of amides is 1. The highest BCUT2D eigenvalue weighted by Crippen LogP contribution is 2.18. The number of sulfone groups is 1. The molecule has 7 heteroatoms. The molecule has 1 N–H and O–H groups in total. The van der Waals surface area contributed by atoms with Crippen molar-refractivity contribution in [3.05, 3.63) is 59.1 Å². The van der Waals surface area contributed by atoms with Gasteiger partial charge in [0.15, 0.2) is 9.84 Å². The van der Waals surface area contributed by atoms with Gasteiger partial charge >= 0.3 is 0 Å². The fourth-order valence-corrected chi connectivity index (χ4v) is 2.81. The number of benzene rings is 2.